The van der Waals surface area contributed by atoms with Gasteiger partial charge in [0.15, 0.2) is 0 Å². The number of hydrogen-bond acceptors (Lipinski definition) is 1. The molecule has 76 valence electrons. The maximum absolute atomic E-state index is 13.4. The summed E-state index contributed by atoms with van der Waals surface area (Å²) >= 11 is 5.68. The number of rotatable bonds is 2. The molecule has 0 radical (unpaired) electrons. The average molecular weight is 214 g/mol. The standard InChI is InChI=1S/C11H13ClFN/c1-11(6-14-7-11)5-8-2-3-9(12)4-10(8)13/h2-4,14H,5-7H2,1H3. The van der Waals surface area contributed by atoms with E-state index in [9.17, 15) is 4.39 Å². The van der Waals surface area contributed by atoms with E-state index < -0.39 is 0 Å². The van der Waals surface area contributed by atoms with E-state index in [1.165, 1.54) is 6.07 Å². The van der Waals surface area contributed by atoms with Gasteiger partial charge in [0.05, 0.1) is 0 Å². The van der Waals surface area contributed by atoms with Crippen molar-refractivity contribution >= 4 is 11.6 Å². The zero-order valence-electron chi connectivity index (χ0n) is 8.11. The van der Waals surface area contributed by atoms with Crippen LogP contribution in [0.4, 0.5) is 4.39 Å². The second-order valence-electron chi connectivity index (χ2n) is 4.33. The quantitative estimate of drug-likeness (QED) is 0.797. The zero-order valence-corrected chi connectivity index (χ0v) is 8.87. The fraction of sp³-hybridized carbons (Fsp3) is 0.455. The summed E-state index contributed by atoms with van der Waals surface area (Å²) in [7, 11) is 0. The van der Waals surface area contributed by atoms with Gasteiger partial charge in [-0.25, -0.2) is 4.39 Å². The Bertz CT molecular complexity index is 347. The molecule has 0 aliphatic carbocycles. The third-order valence-corrected chi connectivity index (χ3v) is 2.97. The molecule has 0 aromatic heterocycles. The maximum atomic E-state index is 13.4. The van der Waals surface area contributed by atoms with Gasteiger partial charge in [0.25, 0.3) is 0 Å². The lowest BCUT2D eigenvalue weighted by molar-refractivity contribution is 0.193. The first-order valence-electron chi connectivity index (χ1n) is 4.74. The fourth-order valence-electron chi connectivity index (χ4n) is 1.80. The van der Waals surface area contributed by atoms with Crippen molar-refractivity contribution in [3.8, 4) is 0 Å². The summed E-state index contributed by atoms with van der Waals surface area (Å²) in [4.78, 5) is 0. The van der Waals surface area contributed by atoms with Crippen LogP contribution < -0.4 is 5.32 Å². The van der Waals surface area contributed by atoms with Gasteiger partial charge in [-0.15, -0.1) is 0 Å². The molecule has 1 aromatic rings. The van der Waals surface area contributed by atoms with E-state index >= 15 is 0 Å². The first-order valence-corrected chi connectivity index (χ1v) is 5.12. The van der Waals surface area contributed by atoms with E-state index in [0.29, 0.717) is 5.02 Å². The molecular formula is C11H13ClFN. The number of hydrogen-bond donors (Lipinski definition) is 1. The molecule has 1 saturated heterocycles. The molecule has 1 fully saturated rings. The third-order valence-electron chi connectivity index (χ3n) is 2.74. The van der Waals surface area contributed by atoms with Crippen LogP contribution in [-0.4, -0.2) is 13.1 Å². The minimum Gasteiger partial charge on any atom is -0.316 e. The van der Waals surface area contributed by atoms with E-state index in [4.69, 9.17) is 11.6 Å². The Kier molecular flexibility index (Phi) is 2.50. The second-order valence-corrected chi connectivity index (χ2v) is 4.76. The van der Waals surface area contributed by atoms with Crippen LogP contribution in [0.15, 0.2) is 18.2 Å². The predicted octanol–water partition coefficient (Wildman–Crippen LogP) is 2.63. The van der Waals surface area contributed by atoms with Gasteiger partial charge < -0.3 is 5.32 Å². The number of nitrogens with one attached hydrogen (secondary N) is 1. The Morgan fingerprint density at radius 1 is 1.50 bits per heavy atom. The monoisotopic (exact) mass is 213 g/mol. The molecule has 1 aliphatic heterocycles. The number of benzene rings is 1. The Morgan fingerprint density at radius 2 is 2.21 bits per heavy atom. The topological polar surface area (TPSA) is 12.0 Å². The molecule has 1 aliphatic rings. The summed E-state index contributed by atoms with van der Waals surface area (Å²) in [6, 6.07) is 4.91. The highest BCUT2D eigenvalue weighted by molar-refractivity contribution is 6.30. The molecule has 1 heterocycles. The molecule has 0 amide bonds. The summed E-state index contributed by atoms with van der Waals surface area (Å²) in [5.41, 5.74) is 0.979. The normalized spacial score (nSPS) is 19.1. The van der Waals surface area contributed by atoms with Crippen molar-refractivity contribution in [3.63, 3.8) is 0 Å². The molecule has 1 aromatic carbocycles. The molecule has 0 spiro atoms. The molecule has 14 heavy (non-hydrogen) atoms. The van der Waals surface area contributed by atoms with Crippen molar-refractivity contribution < 1.29 is 4.39 Å². The Balaban J connectivity index is 2.16. The third kappa shape index (κ3) is 1.91. The molecule has 0 atom stereocenters. The van der Waals surface area contributed by atoms with E-state index in [-0.39, 0.29) is 11.2 Å². The van der Waals surface area contributed by atoms with Gasteiger partial charge in [-0.3, -0.25) is 0 Å². The molecule has 1 nitrogen and oxygen atoms in total. The van der Waals surface area contributed by atoms with Crippen molar-refractivity contribution in [2.75, 3.05) is 13.1 Å². The van der Waals surface area contributed by atoms with E-state index in [1.807, 2.05) is 0 Å². The van der Waals surface area contributed by atoms with Crippen LogP contribution in [0.1, 0.15) is 12.5 Å². The van der Waals surface area contributed by atoms with Crippen LogP contribution in [0.3, 0.4) is 0 Å². The van der Waals surface area contributed by atoms with Crippen molar-refractivity contribution in [1.82, 2.24) is 5.32 Å². The van der Waals surface area contributed by atoms with Crippen LogP contribution in [0.2, 0.25) is 5.02 Å². The molecule has 2 rings (SSSR count). The lowest BCUT2D eigenvalue weighted by Crippen LogP contribution is -2.52. The van der Waals surface area contributed by atoms with Gasteiger partial charge in [-0.2, -0.15) is 0 Å². The molecule has 0 saturated carbocycles. The fourth-order valence-corrected chi connectivity index (χ4v) is 1.96. The Morgan fingerprint density at radius 3 is 2.71 bits per heavy atom. The van der Waals surface area contributed by atoms with Gasteiger partial charge in [-0.05, 0) is 29.5 Å². The van der Waals surface area contributed by atoms with Crippen molar-refractivity contribution in [3.05, 3.63) is 34.6 Å². The van der Waals surface area contributed by atoms with E-state index in [2.05, 4.69) is 12.2 Å². The summed E-state index contributed by atoms with van der Waals surface area (Å²) in [6.07, 6.45) is 0.781. The van der Waals surface area contributed by atoms with Crippen molar-refractivity contribution in [2.24, 2.45) is 5.41 Å². The van der Waals surface area contributed by atoms with E-state index in [1.54, 1.807) is 12.1 Å². The van der Waals surface area contributed by atoms with Crippen molar-refractivity contribution in [2.45, 2.75) is 13.3 Å². The summed E-state index contributed by atoms with van der Waals surface area (Å²) < 4.78 is 13.4. The maximum Gasteiger partial charge on any atom is 0.127 e. The second kappa shape index (κ2) is 3.52. The highest BCUT2D eigenvalue weighted by Gasteiger charge is 2.32. The number of halogens is 2. The minimum absolute atomic E-state index is 0.189. The lowest BCUT2D eigenvalue weighted by atomic mass is 9.78. The first kappa shape index (κ1) is 9.94. The molecule has 0 unspecified atom stereocenters. The Hall–Kier alpha value is -0.600. The first-order chi connectivity index (χ1) is 6.59. The van der Waals surface area contributed by atoms with Gasteiger partial charge in [0.2, 0.25) is 0 Å². The molecule has 0 bridgehead atoms. The molecule has 3 heteroatoms. The SMILES string of the molecule is CC1(Cc2ccc(Cl)cc2F)CNC1. The van der Waals surface area contributed by atoms with Crippen LogP contribution in [0, 0.1) is 11.2 Å². The van der Waals surface area contributed by atoms with Crippen LogP contribution >= 0.6 is 11.6 Å². The Labute approximate surface area is 88.3 Å². The highest BCUT2D eigenvalue weighted by atomic mass is 35.5. The summed E-state index contributed by atoms with van der Waals surface area (Å²) in [5, 5.41) is 3.67. The predicted molar refractivity (Wildman–Crippen MR) is 56.1 cm³/mol. The van der Waals surface area contributed by atoms with Crippen LogP contribution in [-0.2, 0) is 6.42 Å². The van der Waals surface area contributed by atoms with Crippen molar-refractivity contribution in [1.29, 1.82) is 0 Å². The van der Waals surface area contributed by atoms with Gasteiger partial charge in [-0.1, -0.05) is 24.6 Å². The average Bonchev–Trinajstić information content (AvgIpc) is 2.07. The van der Waals surface area contributed by atoms with Crippen LogP contribution in [0.25, 0.3) is 0 Å². The lowest BCUT2D eigenvalue weighted by Gasteiger charge is -2.39. The zero-order chi connectivity index (χ0) is 10.2. The van der Waals surface area contributed by atoms with Gasteiger partial charge in [0, 0.05) is 18.1 Å². The van der Waals surface area contributed by atoms with E-state index in [0.717, 1.165) is 25.1 Å². The van der Waals surface area contributed by atoms with Gasteiger partial charge in [0.1, 0.15) is 5.82 Å². The minimum atomic E-state index is -0.189. The molecular weight excluding hydrogens is 201 g/mol. The largest absolute Gasteiger partial charge is 0.316 e. The summed E-state index contributed by atoms with van der Waals surface area (Å²) in [5.74, 6) is -0.189. The molecule has 1 N–H and O–H groups in total. The van der Waals surface area contributed by atoms with Gasteiger partial charge >= 0.3 is 0 Å². The van der Waals surface area contributed by atoms with Crippen LogP contribution in [0.5, 0.6) is 0 Å². The smallest absolute Gasteiger partial charge is 0.127 e. The highest BCUT2D eigenvalue weighted by Crippen LogP contribution is 2.28. The summed E-state index contributed by atoms with van der Waals surface area (Å²) in [6.45, 7) is 4.10.